The summed E-state index contributed by atoms with van der Waals surface area (Å²) in [6.45, 7) is 1.33. The van der Waals surface area contributed by atoms with Crippen LogP contribution in [-0.2, 0) is 16.1 Å². The van der Waals surface area contributed by atoms with E-state index in [0.717, 1.165) is 15.8 Å². The Balaban J connectivity index is 1.57. The molecule has 5 rings (SSSR count). The number of ether oxygens (including phenoxy) is 1. The van der Waals surface area contributed by atoms with Crippen molar-refractivity contribution in [3.63, 3.8) is 0 Å². The van der Waals surface area contributed by atoms with Gasteiger partial charge in [0.15, 0.2) is 0 Å². The van der Waals surface area contributed by atoms with Gasteiger partial charge in [0.25, 0.3) is 5.91 Å². The van der Waals surface area contributed by atoms with Crippen LogP contribution >= 0.6 is 11.6 Å². The Hall–Kier alpha value is -5.01. The molecule has 0 spiro atoms. The smallest absolute Gasteiger partial charge is 0.407 e. The Bertz CT molecular complexity index is 1710. The highest BCUT2D eigenvalue weighted by molar-refractivity contribution is 6.32. The number of fused-ring (bicyclic) bond motifs is 2. The van der Waals surface area contributed by atoms with Gasteiger partial charge in [-0.15, -0.1) is 0 Å². The summed E-state index contributed by atoms with van der Waals surface area (Å²) in [4.78, 5) is 40.6. The van der Waals surface area contributed by atoms with Crippen molar-refractivity contribution in [2.45, 2.75) is 25.6 Å². The number of benzene rings is 3. The van der Waals surface area contributed by atoms with E-state index in [2.05, 4.69) is 11.4 Å². The molecule has 2 heterocycles. The van der Waals surface area contributed by atoms with Gasteiger partial charge in [-0.05, 0) is 37.3 Å². The minimum atomic E-state index is -1.27. The summed E-state index contributed by atoms with van der Waals surface area (Å²) >= 11 is 7.03. The maximum atomic E-state index is 14.0. The number of carbonyl (C=O) groups excluding carboxylic acids is 2. The molecule has 4 aromatic rings. The summed E-state index contributed by atoms with van der Waals surface area (Å²) < 4.78 is 7.72. The fraction of sp³-hybridized carbons (Fsp3) is 0.200. The monoisotopic (exact) mass is 571 g/mol. The number of nitrogens with one attached hydrogen (secondary N) is 1. The fourth-order valence-electron chi connectivity index (χ4n) is 4.84. The molecular formula is C30H26ClN5O5. The molecule has 0 unspecified atom stereocenters. The highest BCUT2D eigenvalue weighted by Gasteiger charge is 2.35. The second-order valence-electron chi connectivity index (χ2n) is 9.58. The number of rotatable bonds is 6. The number of amides is 3. The average Bonchev–Trinajstić information content (AvgIpc) is 3.19. The van der Waals surface area contributed by atoms with E-state index >= 15 is 0 Å². The zero-order valence-corrected chi connectivity index (χ0v) is 23.0. The van der Waals surface area contributed by atoms with Crippen LogP contribution in [-0.4, -0.2) is 58.2 Å². The summed E-state index contributed by atoms with van der Waals surface area (Å²) in [5, 5.41) is 22.8. The molecular weight excluding hydrogens is 546 g/mol. The van der Waals surface area contributed by atoms with E-state index < -0.39 is 30.0 Å². The highest BCUT2D eigenvalue weighted by Crippen LogP contribution is 2.38. The van der Waals surface area contributed by atoms with Gasteiger partial charge in [-0.1, -0.05) is 54.1 Å². The number of carboxylic acid groups (broad SMARTS) is 1. The number of hydrogen-bond donors (Lipinski definition) is 2. The van der Waals surface area contributed by atoms with Crippen LogP contribution in [0, 0.1) is 11.3 Å². The van der Waals surface area contributed by atoms with Crippen molar-refractivity contribution < 1.29 is 24.2 Å². The van der Waals surface area contributed by atoms with Gasteiger partial charge in [0, 0.05) is 18.0 Å². The van der Waals surface area contributed by atoms with Crippen molar-refractivity contribution in [2.75, 3.05) is 18.6 Å². The van der Waals surface area contributed by atoms with Gasteiger partial charge in [0.1, 0.15) is 35.7 Å². The third-order valence-corrected chi connectivity index (χ3v) is 7.60. The number of para-hydroxylation sites is 4. The number of carbonyl (C=O) groups is 3. The Morgan fingerprint density at radius 3 is 2.51 bits per heavy atom. The topological polar surface area (TPSA) is 128 Å². The number of likely N-dealkylation sites (N-methyl/N-ethyl adjacent to an activating group) is 1. The maximum Gasteiger partial charge on any atom is 0.407 e. The molecule has 1 aliphatic heterocycles. The number of hydrogen-bond acceptors (Lipinski definition) is 5. The van der Waals surface area contributed by atoms with Gasteiger partial charge in [0.2, 0.25) is 5.91 Å². The molecule has 3 aromatic carbocycles. The quantitative estimate of drug-likeness (QED) is 0.349. The van der Waals surface area contributed by atoms with Crippen molar-refractivity contribution in [3.8, 4) is 17.5 Å². The molecule has 11 heteroatoms. The Labute approximate surface area is 240 Å². The van der Waals surface area contributed by atoms with E-state index in [1.165, 1.54) is 18.9 Å². The first-order valence-corrected chi connectivity index (χ1v) is 13.2. The van der Waals surface area contributed by atoms with Crippen molar-refractivity contribution in [2.24, 2.45) is 0 Å². The molecule has 41 heavy (non-hydrogen) atoms. The third-order valence-electron chi connectivity index (χ3n) is 7.20. The average molecular weight is 572 g/mol. The summed E-state index contributed by atoms with van der Waals surface area (Å²) in [5.74, 6) is -0.632. The summed E-state index contributed by atoms with van der Waals surface area (Å²) in [6.07, 6.45) is -1.27. The molecule has 2 N–H and O–H groups in total. The lowest BCUT2D eigenvalue weighted by Gasteiger charge is -2.27. The molecule has 3 amide bonds. The molecule has 0 radical (unpaired) electrons. The molecule has 2 atom stereocenters. The van der Waals surface area contributed by atoms with Crippen LogP contribution in [0.4, 0.5) is 10.5 Å². The lowest BCUT2D eigenvalue weighted by molar-refractivity contribution is -0.130. The Morgan fingerprint density at radius 2 is 1.78 bits per heavy atom. The zero-order valence-electron chi connectivity index (χ0n) is 22.2. The van der Waals surface area contributed by atoms with E-state index in [0.29, 0.717) is 33.4 Å². The van der Waals surface area contributed by atoms with E-state index in [1.54, 1.807) is 41.0 Å². The van der Waals surface area contributed by atoms with Crippen LogP contribution in [0.5, 0.6) is 5.75 Å². The van der Waals surface area contributed by atoms with Crippen LogP contribution in [0.1, 0.15) is 18.1 Å². The van der Waals surface area contributed by atoms with E-state index in [-0.39, 0.29) is 13.2 Å². The predicted molar refractivity (Wildman–Crippen MR) is 153 cm³/mol. The van der Waals surface area contributed by atoms with Gasteiger partial charge < -0.3 is 20.1 Å². The summed E-state index contributed by atoms with van der Waals surface area (Å²) in [6, 6.07) is 21.8. The van der Waals surface area contributed by atoms with E-state index in [4.69, 9.17) is 16.3 Å². The minimum Gasteiger partial charge on any atom is -0.489 e. The van der Waals surface area contributed by atoms with Crippen LogP contribution in [0.2, 0.25) is 5.15 Å². The first-order valence-electron chi connectivity index (χ1n) is 12.8. The van der Waals surface area contributed by atoms with Crippen molar-refractivity contribution >= 4 is 46.1 Å². The SMILES string of the molecule is C[C@@H](C(=O)N[C@H]1COc2ccccc2N(Cc2c(Cl)n(-c3ccccc3C#N)c3ccccc23)C1=O)N(C)C(=O)O. The number of anilines is 1. The van der Waals surface area contributed by atoms with Crippen molar-refractivity contribution in [1.82, 2.24) is 14.8 Å². The largest absolute Gasteiger partial charge is 0.489 e. The first kappa shape index (κ1) is 27.6. The van der Waals surface area contributed by atoms with Crippen LogP contribution in [0.15, 0.2) is 72.8 Å². The van der Waals surface area contributed by atoms with Crippen molar-refractivity contribution in [1.29, 1.82) is 5.26 Å². The summed E-state index contributed by atoms with van der Waals surface area (Å²) in [5.41, 5.74) is 2.95. The first-order chi connectivity index (χ1) is 19.7. The third kappa shape index (κ3) is 5.03. The van der Waals surface area contributed by atoms with Gasteiger partial charge in [-0.3, -0.25) is 19.1 Å². The van der Waals surface area contributed by atoms with Crippen LogP contribution in [0.3, 0.4) is 0 Å². The standard InChI is InChI=1S/C30H26ClN5O5/c1-18(34(2)30(39)40)28(37)33-22-17-41-26-14-8-7-13-25(26)35(29(22)38)16-21-20-10-4-6-12-24(20)36(27(21)31)23-11-5-3-9-19(23)15-32/h3-14,18,22H,16-17H2,1-2H3,(H,33,37)(H,39,40)/t18-,22-/m0/s1. The Kier molecular flexibility index (Phi) is 7.55. The summed E-state index contributed by atoms with van der Waals surface area (Å²) in [7, 11) is 1.28. The van der Waals surface area contributed by atoms with E-state index in [1.807, 2.05) is 36.4 Å². The van der Waals surface area contributed by atoms with Gasteiger partial charge in [-0.2, -0.15) is 5.26 Å². The minimum absolute atomic E-state index is 0.0389. The lowest BCUT2D eigenvalue weighted by atomic mass is 10.1. The molecule has 0 saturated carbocycles. The molecule has 0 saturated heterocycles. The second kappa shape index (κ2) is 11.2. The number of halogens is 1. The van der Waals surface area contributed by atoms with E-state index in [9.17, 15) is 24.8 Å². The number of aromatic nitrogens is 1. The predicted octanol–water partition coefficient (Wildman–Crippen LogP) is 4.56. The van der Waals surface area contributed by atoms with Crippen LogP contribution < -0.4 is 15.0 Å². The molecule has 0 bridgehead atoms. The lowest BCUT2D eigenvalue weighted by Crippen LogP contribution is -2.55. The molecule has 10 nitrogen and oxygen atoms in total. The molecule has 1 aromatic heterocycles. The Morgan fingerprint density at radius 1 is 1.12 bits per heavy atom. The fourth-order valence-corrected chi connectivity index (χ4v) is 5.18. The second-order valence-corrected chi connectivity index (χ2v) is 9.94. The van der Waals surface area contributed by atoms with Gasteiger partial charge >= 0.3 is 6.09 Å². The maximum absolute atomic E-state index is 14.0. The highest BCUT2D eigenvalue weighted by atomic mass is 35.5. The zero-order chi connectivity index (χ0) is 29.3. The van der Waals surface area contributed by atoms with Gasteiger partial charge in [0.05, 0.1) is 29.0 Å². The number of nitrogens with zero attached hydrogens (tertiary/aromatic N) is 4. The normalized spacial score (nSPS) is 15.3. The van der Waals surface area contributed by atoms with Gasteiger partial charge in [-0.25, -0.2) is 4.79 Å². The van der Waals surface area contributed by atoms with Crippen LogP contribution in [0.25, 0.3) is 16.6 Å². The molecule has 208 valence electrons. The molecule has 0 fully saturated rings. The van der Waals surface area contributed by atoms with Crippen molar-refractivity contribution in [3.05, 3.63) is 89.1 Å². The number of nitriles is 1. The molecule has 1 aliphatic rings. The molecule has 0 aliphatic carbocycles.